The van der Waals surface area contributed by atoms with E-state index in [0.717, 1.165) is 29.3 Å². The number of aromatic nitrogens is 1. The molecule has 0 saturated carbocycles. The molecule has 2 heterocycles. The molecule has 0 radical (unpaired) electrons. The van der Waals surface area contributed by atoms with E-state index in [2.05, 4.69) is 23.8 Å². The molecule has 278 valence electrons. The molecule has 3 N–H and O–H groups in total. The van der Waals surface area contributed by atoms with Crippen LogP contribution in [-0.2, 0) is 38.6 Å². The number of nitrogens with zero attached hydrogens (tertiary/aromatic N) is 2. The van der Waals surface area contributed by atoms with Crippen LogP contribution in [0.25, 0.3) is 10.9 Å². The third kappa shape index (κ3) is 8.33. The quantitative estimate of drug-likeness (QED) is 0.203. The number of H-pyrrole nitrogens is 1. The molecule has 0 amide bonds. The Labute approximate surface area is 310 Å². The molecule has 1 aliphatic heterocycles. The van der Waals surface area contributed by atoms with E-state index < -0.39 is 39.1 Å². The van der Waals surface area contributed by atoms with Crippen molar-refractivity contribution >= 4 is 51.1 Å². The Balaban J connectivity index is 1.64. The lowest BCUT2D eigenvalue weighted by Gasteiger charge is -2.33. The Hall–Kier alpha value is -3.90. The van der Waals surface area contributed by atoms with Gasteiger partial charge in [-0.3, -0.25) is 14.0 Å². The summed E-state index contributed by atoms with van der Waals surface area (Å²) in [5, 5.41) is 0.514. The summed E-state index contributed by atoms with van der Waals surface area (Å²) in [7, 11) is 1.61. The zero-order valence-electron chi connectivity index (χ0n) is 30.8. The molecule has 2 atom stereocenters. The number of benzene rings is 3. The van der Waals surface area contributed by atoms with Gasteiger partial charge in [0.25, 0.3) is 0 Å². The minimum Gasteiger partial charge on any atom is -0.469 e. The van der Waals surface area contributed by atoms with Crippen molar-refractivity contribution < 1.29 is 26.9 Å². The predicted molar refractivity (Wildman–Crippen MR) is 205 cm³/mol. The van der Waals surface area contributed by atoms with E-state index in [0.29, 0.717) is 40.9 Å². The lowest BCUT2D eigenvalue weighted by molar-refractivity contribution is -0.150. The molecule has 0 aliphatic carbocycles. The highest BCUT2D eigenvalue weighted by atomic mass is 32.2. The number of hydrogen-bond donors (Lipinski definition) is 2. The number of amidine groups is 2. The molecule has 1 aromatic heterocycles. The number of nitrogens with one attached hydrogen (secondary N) is 1. The lowest BCUT2D eigenvalue weighted by atomic mass is 9.74. The summed E-state index contributed by atoms with van der Waals surface area (Å²) in [5.41, 5.74) is 7.42. The highest BCUT2D eigenvalue weighted by molar-refractivity contribution is 7.99. The van der Waals surface area contributed by atoms with Gasteiger partial charge in [0.1, 0.15) is 11.7 Å². The van der Waals surface area contributed by atoms with E-state index in [1.54, 1.807) is 12.3 Å². The molecular formula is C40H47F3N4O3S2. The standard InChI is InChI=1S/C40H47F3N4O3S2/c1-38(2)16-9-17-40(5,25-11-8-10-24(20-25)22-39(3,4)37(48)50-7)36(44)47-35(45-6)29-21-26(12-13-30(29)41)51-34-28(15-19-52(49)23-38)27-14-18-46-33(27)31(42)32(34)43/h8,10-14,18,20-21,46H,9,15-17,19,22-23H2,1-7H3,(H2,44,45,47)/t40-,52?/m1/s1. The summed E-state index contributed by atoms with van der Waals surface area (Å²) in [6, 6.07) is 13.8. The lowest BCUT2D eigenvalue weighted by Crippen LogP contribution is -2.40. The zero-order valence-corrected chi connectivity index (χ0v) is 32.4. The van der Waals surface area contributed by atoms with Crippen molar-refractivity contribution in [3.8, 4) is 0 Å². The van der Waals surface area contributed by atoms with Crippen molar-refractivity contribution in [3.63, 3.8) is 0 Å². The number of aliphatic imine (C=N–C) groups is 2. The van der Waals surface area contributed by atoms with Gasteiger partial charge in [-0.05, 0) is 92.8 Å². The van der Waals surface area contributed by atoms with Gasteiger partial charge in [-0.1, -0.05) is 56.3 Å². The molecule has 4 aromatic rings. The van der Waals surface area contributed by atoms with Crippen molar-refractivity contribution in [2.24, 2.45) is 26.5 Å². The number of fused-ring (bicyclic) bond motifs is 5. The summed E-state index contributed by atoms with van der Waals surface area (Å²) in [4.78, 5) is 24.9. The number of hydrogen-bond acceptors (Lipinski definition) is 6. The fourth-order valence-electron chi connectivity index (χ4n) is 6.97. The van der Waals surface area contributed by atoms with Gasteiger partial charge < -0.3 is 15.5 Å². The molecule has 7 nitrogen and oxygen atoms in total. The van der Waals surface area contributed by atoms with Crippen molar-refractivity contribution in [1.82, 2.24) is 4.98 Å². The smallest absolute Gasteiger partial charge is 0.311 e. The molecule has 0 fully saturated rings. The van der Waals surface area contributed by atoms with E-state index >= 15 is 13.2 Å². The van der Waals surface area contributed by atoms with Crippen molar-refractivity contribution in [1.29, 1.82) is 0 Å². The monoisotopic (exact) mass is 752 g/mol. The van der Waals surface area contributed by atoms with Gasteiger partial charge in [0.2, 0.25) is 0 Å². The first-order valence-electron chi connectivity index (χ1n) is 17.3. The number of halogens is 3. The SMILES string of the molecule is CN=C1N=C(N)[C@@](C)(c2cccc(CC(C)(C)C(=O)OC)c2)CCCC(C)(C)CS(=O)CCc2c(c(F)c(F)c3[nH]ccc23)Sc2ccc(F)c1c2. The second-order valence-electron chi connectivity index (χ2n) is 15.1. The van der Waals surface area contributed by atoms with Crippen LogP contribution in [0.5, 0.6) is 0 Å². The number of carbonyl (C=O) groups is 1. The van der Waals surface area contributed by atoms with Crippen molar-refractivity contribution in [2.45, 2.75) is 81.9 Å². The zero-order chi connectivity index (χ0) is 38.0. The first kappa shape index (κ1) is 39.3. The number of nitrogens with two attached hydrogens (primary N) is 1. The average Bonchev–Trinajstić information content (AvgIpc) is 3.59. The Morgan fingerprint density at radius 1 is 1.10 bits per heavy atom. The molecule has 5 rings (SSSR count). The number of carbonyl (C=O) groups excluding carboxylic acids is 1. The maximum absolute atomic E-state index is 15.8. The van der Waals surface area contributed by atoms with E-state index in [9.17, 15) is 9.00 Å². The minimum absolute atomic E-state index is 0.0517. The fraction of sp³-hybridized carbons (Fsp3) is 0.425. The van der Waals surface area contributed by atoms with E-state index in [-0.39, 0.29) is 51.2 Å². The average molecular weight is 753 g/mol. The molecule has 3 aromatic carbocycles. The largest absolute Gasteiger partial charge is 0.469 e. The van der Waals surface area contributed by atoms with Crippen LogP contribution in [0.1, 0.15) is 76.1 Å². The van der Waals surface area contributed by atoms with Gasteiger partial charge in [-0.25, -0.2) is 18.2 Å². The molecule has 2 bridgehead atoms. The maximum Gasteiger partial charge on any atom is 0.311 e. The molecular weight excluding hydrogens is 706 g/mol. The summed E-state index contributed by atoms with van der Waals surface area (Å²) in [5.74, 6) is -2.01. The van der Waals surface area contributed by atoms with Gasteiger partial charge in [0.05, 0.1) is 28.5 Å². The highest BCUT2D eigenvalue weighted by Gasteiger charge is 2.35. The van der Waals surface area contributed by atoms with Crippen LogP contribution in [0.2, 0.25) is 0 Å². The van der Waals surface area contributed by atoms with E-state index in [1.807, 2.05) is 45.0 Å². The second-order valence-corrected chi connectivity index (χ2v) is 17.8. The van der Waals surface area contributed by atoms with Gasteiger partial charge in [-0.2, -0.15) is 0 Å². The summed E-state index contributed by atoms with van der Waals surface area (Å²) in [6.45, 7) is 9.81. The van der Waals surface area contributed by atoms with Crippen molar-refractivity contribution in [2.75, 3.05) is 25.7 Å². The first-order chi connectivity index (χ1) is 24.5. The fourth-order valence-corrected chi connectivity index (χ4v) is 9.62. The predicted octanol–water partition coefficient (Wildman–Crippen LogP) is 8.67. The molecule has 1 aliphatic rings. The summed E-state index contributed by atoms with van der Waals surface area (Å²) in [6.07, 6.45) is 4.23. The Morgan fingerprint density at radius 2 is 1.85 bits per heavy atom. The highest BCUT2D eigenvalue weighted by Crippen LogP contribution is 2.40. The summed E-state index contributed by atoms with van der Waals surface area (Å²) >= 11 is 0.973. The van der Waals surface area contributed by atoms with E-state index in [1.165, 1.54) is 32.4 Å². The van der Waals surface area contributed by atoms with Gasteiger partial charge in [0, 0.05) is 51.2 Å². The van der Waals surface area contributed by atoms with Gasteiger partial charge >= 0.3 is 5.97 Å². The molecule has 0 saturated heterocycles. The number of aryl methyl sites for hydroxylation is 1. The maximum atomic E-state index is 15.8. The topological polar surface area (TPSA) is 110 Å². The Kier molecular flexibility index (Phi) is 11.8. The van der Waals surface area contributed by atoms with Gasteiger partial charge in [0.15, 0.2) is 17.5 Å². The normalized spacial score (nSPS) is 21.2. The molecule has 0 spiro atoms. The van der Waals surface area contributed by atoms with Crippen LogP contribution in [0.15, 0.2) is 74.5 Å². The number of aromatic amines is 1. The minimum atomic E-state index is -1.26. The Bertz CT molecular complexity index is 2070. The molecule has 52 heavy (non-hydrogen) atoms. The van der Waals surface area contributed by atoms with Crippen LogP contribution >= 0.6 is 11.8 Å². The van der Waals surface area contributed by atoms with E-state index in [4.69, 9.17) is 15.5 Å². The van der Waals surface area contributed by atoms with Gasteiger partial charge in [-0.15, -0.1) is 0 Å². The van der Waals surface area contributed by atoms with Crippen LogP contribution in [0.3, 0.4) is 0 Å². The van der Waals surface area contributed by atoms with Crippen LogP contribution in [0, 0.1) is 28.3 Å². The number of esters is 1. The second kappa shape index (κ2) is 15.6. The molecule has 1 unspecified atom stereocenters. The van der Waals surface area contributed by atoms with Crippen molar-refractivity contribution in [3.05, 3.63) is 94.4 Å². The number of ether oxygens (including phenoxy) is 1. The van der Waals surface area contributed by atoms with Crippen LogP contribution in [0.4, 0.5) is 13.2 Å². The third-order valence-electron chi connectivity index (χ3n) is 9.97. The van der Waals surface area contributed by atoms with Crippen LogP contribution < -0.4 is 5.73 Å². The Morgan fingerprint density at radius 3 is 2.56 bits per heavy atom. The number of rotatable bonds is 4. The summed E-state index contributed by atoms with van der Waals surface area (Å²) < 4.78 is 65.4. The third-order valence-corrected chi connectivity index (χ3v) is 12.9. The van der Waals surface area contributed by atoms with Crippen LogP contribution in [-0.4, -0.2) is 52.5 Å². The number of methoxy groups -OCH3 is 1. The molecule has 12 heteroatoms. The first-order valence-corrected chi connectivity index (χ1v) is 19.6.